The van der Waals surface area contributed by atoms with Crippen LogP contribution in [0.3, 0.4) is 0 Å². The Balaban J connectivity index is 2.45. The highest BCUT2D eigenvalue weighted by Gasteiger charge is 2.11. The standard InChI is InChI=1S/C14H19ClN2/c1-10-12(5-4-8-16-2)13-9-11(15)6-7-14(13)17(10)3/h6-7,9,16H,4-5,8H2,1-3H3. The summed E-state index contributed by atoms with van der Waals surface area (Å²) in [4.78, 5) is 0. The zero-order chi connectivity index (χ0) is 12.4. The van der Waals surface area contributed by atoms with Crippen molar-refractivity contribution in [3.05, 3.63) is 34.5 Å². The molecule has 92 valence electrons. The van der Waals surface area contributed by atoms with E-state index < -0.39 is 0 Å². The van der Waals surface area contributed by atoms with Crippen molar-refractivity contribution in [2.24, 2.45) is 7.05 Å². The summed E-state index contributed by atoms with van der Waals surface area (Å²) in [5, 5.41) is 5.31. The number of rotatable bonds is 4. The Kier molecular flexibility index (Phi) is 3.75. The van der Waals surface area contributed by atoms with Crippen LogP contribution in [-0.2, 0) is 13.5 Å². The number of hydrogen-bond donors (Lipinski definition) is 1. The van der Waals surface area contributed by atoms with Crippen molar-refractivity contribution in [2.75, 3.05) is 13.6 Å². The molecule has 0 atom stereocenters. The predicted molar refractivity (Wildman–Crippen MR) is 74.9 cm³/mol. The smallest absolute Gasteiger partial charge is 0.0483 e. The van der Waals surface area contributed by atoms with Crippen LogP contribution in [-0.4, -0.2) is 18.2 Å². The number of nitrogens with zero attached hydrogens (tertiary/aromatic N) is 1. The van der Waals surface area contributed by atoms with Crippen molar-refractivity contribution in [3.63, 3.8) is 0 Å². The van der Waals surface area contributed by atoms with Crippen LogP contribution in [0.25, 0.3) is 10.9 Å². The van der Waals surface area contributed by atoms with Crippen LogP contribution in [0, 0.1) is 6.92 Å². The number of hydrogen-bond acceptors (Lipinski definition) is 1. The zero-order valence-corrected chi connectivity index (χ0v) is 11.4. The van der Waals surface area contributed by atoms with Gasteiger partial charge in [0.2, 0.25) is 0 Å². The van der Waals surface area contributed by atoms with Gasteiger partial charge >= 0.3 is 0 Å². The molecular weight excluding hydrogens is 232 g/mol. The minimum atomic E-state index is 0.818. The summed E-state index contributed by atoms with van der Waals surface area (Å²) in [6.45, 7) is 3.24. The molecule has 1 aromatic carbocycles. The molecule has 2 nitrogen and oxygen atoms in total. The minimum absolute atomic E-state index is 0.818. The van der Waals surface area contributed by atoms with Gasteiger partial charge in [-0.15, -0.1) is 0 Å². The highest BCUT2D eigenvalue weighted by atomic mass is 35.5. The molecule has 17 heavy (non-hydrogen) atoms. The normalized spacial score (nSPS) is 11.3. The van der Waals surface area contributed by atoms with Gasteiger partial charge in [-0.05, 0) is 57.1 Å². The summed E-state index contributed by atoms with van der Waals surface area (Å²) in [7, 11) is 4.11. The molecule has 0 saturated heterocycles. The van der Waals surface area contributed by atoms with Crippen LogP contribution in [0.4, 0.5) is 0 Å². The Bertz CT molecular complexity index is 528. The maximum atomic E-state index is 6.09. The fraction of sp³-hybridized carbons (Fsp3) is 0.429. The minimum Gasteiger partial charge on any atom is -0.348 e. The molecule has 1 aromatic heterocycles. The van der Waals surface area contributed by atoms with Crippen LogP contribution >= 0.6 is 11.6 Å². The van der Waals surface area contributed by atoms with Crippen molar-refractivity contribution < 1.29 is 0 Å². The molecule has 0 fully saturated rings. The van der Waals surface area contributed by atoms with Gasteiger partial charge in [0.25, 0.3) is 0 Å². The number of benzene rings is 1. The van der Waals surface area contributed by atoms with Crippen LogP contribution < -0.4 is 5.32 Å². The second-order valence-corrected chi connectivity index (χ2v) is 4.93. The van der Waals surface area contributed by atoms with Crippen molar-refractivity contribution in [3.8, 4) is 0 Å². The second kappa shape index (κ2) is 5.11. The van der Waals surface area contributed by atoms with Gasteiger partial charge in [-0.25, -0.2) is 0 Å². The Labute approximate surface area is 108 Å². The lowest BCUT2D eigenvalue weighted by molar-refractivity contribution is 0.722. The van der Waals surface area contributed by atoms with Gasteiger partial charge in [-0.2, -0.15) is 0 Å². The number of fused-ring (bicyclic) bond motifs is 1. The fourth-order valence-corrected chi connectivity index (χ4v) is 2.55. The number of nitrogens with one attached hydrogen (secondary N) is 1. The molecule has 0 bridgehead atoms. The first-order chi connectivity index (χ1) is 8.15. The van der Waals surface area contributed by atoms with Gasteiger partial charge in [-0.1, -0.05) is 11.6 Å². The van der Waals surface area contributed by atoms with E-state index in [0.29, 0.717) is 0 Å². The van der Waals surface area contributed by atoms with Crippen molar-refractivity contribution in [1.82, 2.24) is 9.88 Å². The number of aryl methyl sites for hydroxylation is 2. The second-order valence-electron chi connectivity index (χ2n) is 4.49. The largest absolute Gasteiger partial charge is 0.348 e. The average Bonchev–Trinajstić information content (AvgIpc) is 2.54. The first-order valence-corrected chi connectivity index (χ1v) is 6.41. The molecule has 1 N–H and O–H groups in total. The molecule has 0 aliphatic carbocycles. The van der Waals surface area contributed by atoms with E-state index in [2.05, 4.69) is 36.0 Å². The van der Waals surface area contributed by atoms with E-state index in [9.17, 15) is 0 Å². The molecule has 0 saturated carbocycles. The first-order valence-electron chi connectivity index (χ1n) is 6.03. The summed E-state index contributed by atoms with van der Waals surface area (Å²) in [6.07, 6.45) is 2.26. The van der Waals surface area contributed by atoms with Crippen LogP contribution in [0.5, 0.6) is 0 Å². The lowest BCUT2D eigenvalue weighted by atomic mass is 10.1. The molecule has 0 aliphatic rings. The summed E-state index contributed by atoms with van der Waals surface area (Å²) >= 11 is 6.09. The topological polar surface area (TPSA) is 17.0 Å². The molecule has 2 aromatic rings. The van der Waals surface area contributed by atoms with Crippen LogP contribution in [0.2, 0.25) is 5.02 Å². The summed E-state index contributed by atoms with van der Waals surface area (Å²) in [5.74, 6) is 0. The molecule has 0 aliphatic heterocycles. The third-order valence-electron chi connectivity index (χ3n) is 3.44. The summed E-state index contributed by atoms with van der Waals surface area (Å²) in [6, 6.07) is 6.14. The van der Waals surface area contributed by atoms with Gasteiger partial charge < -0.3 is 9.88 Å². The van der Waals surface area contributed by atoms with E-state index in [4.69, 9.17) is 11.6 Å². The molecular formula is C14H19ClN2. The zero-order valence-electron chi connectivity index (χ0n) is 10.7. The summed E-state index contributed by atoms with van der Waals surface area (Å²) < 4.78 is 2.25. The van der Waals surface area contributed by atoms with Crippen LogP contribution in [0.15, 0.2) is 18.2 Å². The molecule has 2 rings (SSSR count). The molecule has 3 heteroatoms. The van der Waals surface area contributed by atoms with E-state index in [1.807, 2.05) is 13.1 Å². The lowest BCUT2D eigenvalue weighted by Crippen LogP contribution is -2.08. The molecule has 0 spiro atoms. The third kappa shape index (κ3) is 2.33. The monoisotopic (exact) mass is 250 g/mol. The van der Waals surface area contributed by atoms with Crippen molar-refractivity contribution in [2.45, 2.75) is 19.8 Å². The Hall–Kier alpha value is -0.990. The Morgan fingerprint density at radius 2 is 2.12 bits per heavy atom. The van der Waals surface area contributed by atoms with Gasteiger partial charge in [0.05, 0.1) is 0 Å². The van der Waals surface area contributed by atoms with Gasteiger partial charge in [0.1, 0.15) is 0 Å². The molecule has 0 amide bonds. The van der Waals surface area contributed by atoms with Crippen molar-refractivity contribution >= 4 is 22.5 Å². The van der Waals surface area contributed by atoms with Gasteiger partial charge in [-0.3, -0.25) is 0 Å². The average molecular weight is 251 g/mol. The quantitative estimate of drug-likeness (QED) is 0.824. The van der Waals surface area contributed by atoms with E-state index in [1.165, 1.54) is 22.2 Å². The van der Waals surface area contributed by atoms with Crippen molar-refractivity contribution in [1.29, 1.82) is 0 Å². The number of halogens is 1. The van der Waals surface area contributed by atoms with E-state index >= 15 is 0 Å². The van der Waals surface area contributed by atoms with Gasteiger partial charge in [0.15, 0.2) is 0 Å². The highest BCUT2D eigenvalue weighted by molar-refractivity contribution is 6.31. The summed E-state index contributed by atoms with van der Waals surface area (Å²) in [5.41, 5.74) is 4.05. The molecule has 0 unspecified atom stereocenters. The van der Waals surface area contributed by atoms with E-state index in [-0.39, 0.29) is 0 Å². The van der Waals surface area contributed by atoms with E-state index in [0.717, 1.165) is 24.4 Å². The molecule has 1 heterocycles. The predicted octanol–water partition coefficient (Wildman–Crippen LogP) is 3.29. The lowest BCUT2D eigenvalue weighted by Gasteiger charge is -2.02. The fourth-order valence-electron chi connectivity index (χ4n) is 2.38. The maximum Gasteiger partial charge on any atom is 0.0483 e. The van der Waals surface area contributed by atoms with E-state index in [1.54, 1.807) is 0 Å². The third-order valence-corrected chi connectivity index (χ3v) is 3.67. The first kappa shape index (κ1) is 12.5. The van der Waals surface area contributed by atoms with Gasteiger partial charge in [0, 0.05) is 28.7 Å². The SMILES string of the molecule is CNCCCc1c(C)n(C)c2ccc(Cl)cc12. The Morgan fingerprint density at radius 1 is 1.35 bits per heavy atom. The number of aromatic nitrogens is 1. The van der Waals surface area contributed by atoms with Crippen LogP contribution in [0.1, 0.15) is 17.7 Å². The molecule has 0 radical (unpaired) electrons. The Morgan fingerprint density at radius 3 is 2.82 bits per heavy atom. The maximum absolute atomic E-state index is 6.09. The highest BCUT2D eigenvalue weighted by Crippen LogP contribution is 2.28.